The van der Waals surface area contributed by atoms with E-state index in [1.54, 1.807) is 6.20 Å². The van der Waals surface area contributed by atoms with Gasteiger partial charge >= 0.3 is 6.09 Å². The molecule has 4 N–H and O–H groups in total. The number of hydrogen-bond donors (Lipinski definition) is 3. The van der Waals surface area contributed by atoms with Crippen LogP contribution in [0.25, 0.3) is 11.2 Å². The number of fused-ring (bicyclic) bond motifs is 1. The Labute approximate surface area is 241 Å². The van der Waals surface area contributed by atoms with E-state index in [1.165, 1.54) is 51.4 Å². The molecule has 2 aliphatic rings. The van der Waals surface area contributed by atoms with E-state index in [0.29, 0.717) is 23.3 Å². The number of nitrogens with one attached hydrogen (secondary N) is 1. The zero-order chi connectivity index (χ0) is 29.1. The zero-order valence-electron chi connectivity index (χ0n) is 24.6. The van der Waals surface area contributed by atoms with Crippen LogP contribution in [0.1, 0.15) is 89.7 Å². The summed E-state index contributed by atoms with van der Waals surface area (Å²) in [4.78, 5) is 35.9. The Bertz CT molecular complexity index is 1380. The fourth-order valence-corrected chi connectivity index (χ4v) is 6.18. The van der Waals surface area contributed by atoms with Gasteiger partial charge in [0.25, 0.3) is 0 Å². The maximum Gasteiger partial charge on any atom is 0.433 e. The highest BCUT2D eigenvalue weighted by Gasteiger charge is 2.30. The molecule has 2 saturated carbocycles. The first-order valence-electron chi connectivity index (χ1n) is 15.0. The molecule has 220 valence electrons. The van der Waals surface area contributed by atoms with Crippen LogP contribution in [0.3, 0.4) is 0 Å². The standard InChI is InChI=1S/C30H43N9O2/c1-5-20-12-14-21(15-13-20)17-39-24-26(33-18(2)22-9-8-10-22)35-28(25(31)34-30(40)41)36-27(24)37-29(39)38(4)19(3)23-11-6-7-16-32-23/h6-7,11,16,18-22H,5,8-10,12-15,17H2,1-4H3,(H2,31,34)(H,40,41)(H,33,35,36). The van der Waals surface area contributed by atoms with Gasteiger partial charge in [-0.1, -0.05) is 38.7 Å². The SMILES string of the molecule is CCC1CCC(Cn2c(N(C)C(C)c3ccccn3)nc3nc(C(N)=NC(=O)O)nc(NC(C)C4CCC4)c32)CC1. The Hall–Kier alpha value is -3.76. The summed E-state index contributed by atoms with van der Waals surface area (Å²) in [6.07, 6.45) is 10.1. The number of carboxylic acid groups (broad SMARTS) is 1. The molecule has 0 saturated heterocycles. The van der Waals surface area contributed by atoms with Crippen molar-refractivity contribution in [1.29, 1.82) is 0 Å². The number of anilines is 2. The fraction of sp³-hybridized carbons (Fsp3) is 0.600. The molecule has 0 aliphatic heterocycles. The molecule has 3 aromatic rings. The Morgan fingerprint density at radius 1 is 1.15 bits per heavy atom. The lowest BCUT2D eigenvalue weighted by atomic mass is 9.80. The normalized spacial score (nSPS) is 21.3. The third-order valence-electron chi connectivity index (χ3n) is 9.25. The highest BCUT2D eigenvalue weighted by Crippen LogP contribution is 2.37. The average molecular weight is 562 g/mol. The molecule has 11 nitrogen and oxygen atoms in total. The number of imidazole rings is 1. The van der Waals surface area contributed by atoms with Gasteiger partial charge in [-0.2, -0.15) is 9.98 Å². The van der Waals surface area contributed by atoms with E-state index in [9.17, 15) is 9.90 Å². The summed E-state index contributed by atoms with van der Waals surface area (Å²) in [6, 6.07) is 6.07. The molecule has 0 aromatic carbocycles. The van der Waals surface area contributed by atoms with Gasteiger partial charge in [0.1, 0.15) is 5.52 Å². The number of carbonyl (C=O) groups is 1. The van der Waals surface area contributed by atoms with Crippen molar-refractivity contribution in [3.8, 4) is 0 Å². The number of aromatic nitrogens is 5. The van der Waals surface area contributed by atoms with Crippen molar-refractivity contribution < 1.29 is 9.90 Å². The van der Waals surface area contributed by atoms with Crippen LogP contribution in [0.15, 0.2) is 29.4 Å². The lowest BCUT2D eigenvalue weighted by Crippen LogP contribution is -2.32. The predicted octanol–water partition coefficient (Wildman–Crippen LogP) is 5.62. The van der Waals surface area contributed by atoms with Crippen molar-refractivity contribution in [2.75, 3.05) is 17.3 Å². The number of hydrogen-bond acceptors (Lipinski definition) is 7. The molecular weight excluding hydrogens is 518 g/mol. The highest BCUT2D eigenvalue weighted by atomic mass is 16.4. The van der Waals surface area contributed by atoms with E-state index in [0.717, 1.165) is 29.6 Å². The fourth-order valence-electron chi connectivity index (χ4n) is 6.18. The minimum absolute atomic E-state index is 0.0426. The van der Waals surface area contributed by atoms with Gasteiger partial charge in [0.2, 0.25) is 5.95 Å². The maximum absolute atomic E-state index is 11.3. The first-order valence-corrected chi connectivity index (χ1v) is 15.0. The summed E-state index contributed by atoms with van der Waals surface area (Å²) < 4.78 is 2.26. The van der Waals surface area contributed by atoms with Crippen molar-refractivity contribution in [2.24, 2.45) is 28.5 Å². The van der Waals surface area contributed by atoms with E-state index in [2.05, 4.69) is 50.5 Å². The van der Waals surface area contributed by atoms with Crippen LogP contribution in [-0.2, 0) is 6.54 Å². The van der Waals surface area contributed by atoms with Crippen molar-refractivity contribution in [3.63, 3.8) is 0 Å². The van der Waals surface area contributed by atoms with Crippen molar-refractivity contribution in [1.82, 2.24) is 24.5 Å². The van der Waals surface area contributed by atoms with Crippen LogP contribution in [0.4, 0.5) is 16.6 Å². The number of rotatable bonds is 10. The van der Waals surface area contributed by atoms with Crippen LogP contribution in [-0.4, -0.2) is 54.6 Å². The second-order valence-corrected chi connectivity index (χ2v) is 11.8. The van der Waals surface area contributed by atoms with E-state index < -0.39 is 6.09 Å². The van der Waals surface area contributed by atoms with Gasteiger partial charge in [-0.3, -0.25) is 4.98 Å². The van der Waals surface area contributed by atoms with Gasteiger partial charge in [-0.05, 0) is 69.4 Å². The summed E-state index contributed by atoms with van der Waals surface area (Å²) in [7, 11) is 2.03. The molecule has 0 bridgehead atoms. The van der Waals surface area contributed by atoms with Gasteiger partial charge in [-0.25, -0.2) is 14.8 Å². The van der Waals surface area contributed by atoms with E-state index in [-0.39, 0.29) is 23.7 Å². The zero-order valence-corrected chi connectivity index (χ0v) is 24.6. The average Bonchev–Trinajstić information content (AvgIpc) is 3.30. The van der Waals surface area contributed by atoms with Crippen LogP contribution >= 0.6 is 0 Å². The van der Waals surface area contributed by atoms with Crippen LogP contribution < -0.4 is 16.0 Å². The van der Waals surface area contributed by atoms with Gasteiger partial charge in [0.05, 0.1) is 11.7 Å². The molecule has 3 aromatic heterocycles. The van der Waals surface area contributed by atoms with Crippen LogP contribution in [0, 0.1) is 17.8 Å². The monoisotopic (exact) mass is 561 g/mol. The lowest BCUT2D eigenvalue weighted by molar-refractivity contribution is 0.205. The van der Waals surface area contributed by atoms with Crippen molar-refractivity contribution in [2.45, 2.75) is 90.8 Å². The Morgan fingerprint density at radius 2 is 1.88 bits per heavy atom. The molecule has 0 spiro atoms. The molecule has 11 heteroatoms. The van der Waals surface area contributed by atoms with Crippen molar-refractivity contribution >= 4 is 34.9 Å². The van der Waals surface area contributed by atoms with E-state index >= 15 is 0 Å². The number of amidine groups is 1. The smallest absolute Gasteiger partial charge is 0.433 e. The molecule has 2 fully saturated rings. The molecule has 2 atom stereocenters. The van der Waals surface area contributed by atoms with Crippen LogP contribution in [0.2, 0.25) is 0 Å². The molecule has 41 heavy (non-hydrogen) atoms. The second kappa shape index (κ2) is 12.4. The Morgan fingerprint density at radius 3 is 2.49 bits per heavy atom. The summed E-state index contributed by atoms with van der Waals surface area (Å²) in [5, 5.41) is 12.9. The van der Waals surface area contributed by atoms with Gasteiger partial charge in [-0.15, -0.1) is 0 Å². The molecular formula is C30H43N9O2. The van der Waals surface area contributed by atoms with Crippen LogP contribution in [0.5, 0.6) is 0 Å². The molecule has 2 aliphatic carbocycles. The summed E-state index contributed by atoms with van der Waals surface area (Å²) in [6.45, 7) is 7.38. The molecule has 5 rings (SSSR count). The Balaban J connectivity index is 1.62. The first kappa shape index (κ1) is 28.8. The lowest BCUT2D eigenvalue weighted by Gasteiger charge is -2.33. The quantitative estimate of drug-likeness (QED) is 0.212. The van der Waals surface area contributed by atoms with Crippen molar-refractivity contribution in [3.05, 3.63) is 35.9 Å². The summed E-state index contributed by atoms with van der Waals surface area (Å²) in [5.41, 5.74) is 8.28. The van der Waals surface area contributed by atoms with Gasteiger partial charge in [0.15, 0.2) is 23.1 Å². The molecule has 1 amide bonds. The van der Waals surface area contributed by atoms with Gasteiger partial charge < -0.3 is 25.6 Å². The summed E-state index contributed by atoms with van der Waals surface area (Å²) in [5.74, 6) is 3.08. The first-order chi connectivity index (χ1) is 19.7. The number of amides is 1. The number of pyridine rings is 1. The minimum atomic E-state index is -1.39. The summed E-state index contributed by atoms with van der Waals surface area (Å²) >= 11 is 0. The van der Waals surface area contributed by atoms with Gasteiger partial charge in [0, 0.05) is 25.8 Å². The predicted molar refractivity (Wildman–Crippen MR) is 161 cm³/mol. The highest BCUT2D eigenvalue weighted by molar-refractivity contribution is 6.01. The molecule has 2 unspecified atom stereocenters. The topological polar surface area (TPSA) is 147 Å². The van der Waals surface area contributed by atoms with E-state index in [4.69, 9.17) is 15.7 Å². The third kappa shape index (κ3) is 6.28. The number of aliphatic imine (C=N–C) groups is 1. The Kier molecular flexibility index (Phi) is 8.70. The third-order valence-corrected chi connectivity index (χ3v) is 9.25. The number of nitrogens with two attached hydrogens (primary N) is 1. The van der Waals surface area contributed by atoms with E-state index in [1.807, 2.05) is 25.2 Å². The molecule has 0 radical (unpaired) electrons. The molecule has 3 heterocycles. The minimum Gasteiger partial charge on any atom is -0.463 e. The second-order valence-electron chi connectivity index (χ2n) is 11.8. The number of nitrogens with zero attached hydrogens (tertiary/aromatic N) is 7. The largest absolute Gasteiger partial charge is 0.463 e. The maximum atomic E-state index is 11.3.